The van der Waals surface area contributed by atoms with E-state index in [1.807, 2.05) is 25.1 Å². The first-order valence-corrected chi connectivity index (χ1v) is 9.52. The van der Waals surface area contributed by atoms with Gasteiger partial charge in [-0.05, 0) is 31.5 Å². The lowest BCUT2D eigenvalue weighted by atomic mass is 10.0. The molecule has 1 aliphatic rings. The molecule has 0 saturated carbocycles. The maximum absolute atomic E-state index is 14.0. The van der Waals surface area contributed by atoms with Gasteiger partial charge in [0.15, 0.2) is 0 Å². The second-order valence-corrected chi connectivity index (χ2v) is 7.42. The standard InChI is InChI=1S/C22H26FN3O/c1-15-6-5-7-17-21(16(2)24-22(15)17)20(27)14-25-10-12-26(13-11-25)19-9-4-3-8-18(19)23/h3-9,20,24,27H,10-14H2,1-2H3/t20-/m1/s1. The van der Waals surface area contributed by atoms with Crippen LogP contribution in [-0.4, -0.2) is 47.7 Å². The summed E-state index contributed by atoms with van der Waals surface area (Å²) < 4.78 is 14.0. The van der Waals surface area contributed by atoms with Gasteiger partial charge in [0.05, 0.1) is 11.8 Å². The number of aryl methyl sites for hydroxylation is 2. The zero-order chi connectivity index (χ0) is 19.0. The molecule has 2 aromatic carbocycles. The predicted octanol–water partition coefficient (Wildman–Crippen LogP) is 3.78. The summed E-state index contributed by atoms with van der Waals surface area (Å²) in [5, 5.41) is 12.0. The second-order valence-electron chi connectivity index (χ2n) is 7.42. The van der Waals surface area contributed by atoms with Crippen LogP contribution in [0.5, 0.6) is 0 Å². The normalized spacial score (nSPS) is 16.8. The van der Waals surface area contributed by atoms with Crippen molar-refractivity contribution in [2.45, 2.75) is 20.0 Å². The number of β-amino-alcohol motifs (C(OH)–C–C–N with tert-alkyl or cyclic N) is 1. The highest BCUT2D eigenvalue weighted by Gasteiger charge is 2.24. The SMILES string of the molecule is Cc1[nH]c2c(C)cccc2c1[C@H](O)CN1CCN(c2ccccc2F)CC1. The van der Waals surface area contributed by atoms with E-state index in [0.717, 1.165) is 48.3 Å². The molecule has 1 saturated heterocycles. The average molecular weight is 367 g/mol. The number of aliphatic hydroxyl groups is 1. The van der Waals surface area contributed by atoms with Crippen LogP contribution in [0.1, 0.15) is 22.9 Å². The quantitative estimate of drug-likeness (QED) is 0.737. The fourth-order valence-corrected chi connectivity index (χ4v) is 4.16. The largest absolute Gasteiger partial charge is 0.387 e. The fraction of sp³-hybridized carbons (Fsp3) is 0.364. The molecule has 3 aromatic rings. The number of para-hydroxylation sites is 2. The number of piperazine rings is 1. The van der Waals surface area contributed by atoms with E-state index >= 15 is 0 Å². The van der Waals surface area contributed by atoms with Crippen molar-refractivity contribution in [1.29, 1.82) is 0 Å². The summed E-state index contributed by atoms with van der Waals surface area (Å²) in [5.41, 5.74) is 4.98. The highest BCUT2D eigenvalue weighted by atomic mass is 19.1. The lowest BCUT2D eigenvalue weighted by molar-refractivity contribution is 0.110. The minimum atomic E-state index is -0.541. The molecule has 2 heterocycles. The van der Waals surface area contributed by atoms with Gasteiger partial charge in [-0.25, -0.2) is 4.39 Å². The lowest BCUT2D eigenvalue weighted by Gasteiger charge is -2.37. The minimum Gasteiger partial charge on any atom is -0.387 e. The summed E-state index contributed by atoms with van der Waals surface area (Å²) in [4.78, 5) is 7.76. The number of nitrogens with one attached hydrogen (secondary N) is 1. The average Bonchev–Trinajstić information content (AvgIpc) is 3.00. The van der Waals surface area contributed by atoms with Crippen LogP contribution in [0.3, 0.4) is 0 Å². The first kappa shape index (κ1) is 18.0. The van der Waals surface area contributed by atoms with Gasteiger partial charge in [0.1, 0.15) is 5.82 Å². The summed E-state index contributed by atoms with van der Waals surface area (Å²) in [6.07, 6.45) is -0.541. The zero-order valence-electron chi connectivity index (χ0n) is 15.9. The molecule has 0 spiro atoms. The molecule has 1 atom stereocenters. The molecule has 0 amide bonds. The van der Waals surface area contributed by atoms with Crippen LogP contribution in [0.25, 0.3) is 10.9 Å². The Balaban J connectivity index is 1.45. The van der Waals surface area contributed by atoms with E-state index in [9.17, 15) is 9.50 Å². The van der Waals surface area contributed by atoms with E-state index in [-0.39, 0.29) is 5.82 Å². The number of benzene rings is 2. The van der Waals surface area contributed by atoms with Gasteiger partial charge in [0, 0.05) is 54.9 Å². The van der Waals surface area contributed by atoms with Gasteiger partial charge in [0.25, 0.3) is 0 Å². The first-order valence-electron chi connectivity index (χ1n) is 9.52. The number of hydrogen-bond acceptors (Lipinski definition) is 3. The number of aromatic amines is 1. The van der Waals surface area contributed by atoms with E-state index in [1.165, 1.54) is 11.6 Å². The Kier molecular flexibility index (Phi) is 4.89. The summed E-state index contributed by atoms with van der Waals surface area (Å²) in [6.45, 7) is 7.84. The number of rotatable bonds is 4. The molecule has 4 rings (SSSR count). The maximum atomic E-state index is 14.0. The van der Waals surface area contributed by atoms with Crippen molar-refractivity contribution in [2.75, 3.05) is 37.6 Å². The minimum absolute atomic E-state index is 0.171. The molecule has 0 unspecified atom stereocenters. The van der Waals surface area contributed by atoms with E-state index in [0.29, 0.717) is 12.2 Å². The van der Waals surface area contributed by atoms with E-state index in [4.69, 9.17) is 0 Å². The molecule has 1 aliphatic heterocycles. The number of aromatic nitrogens is 1. The molecule has 1 fully saturated rings. The van der Waals surface area contributed by atoms with Crippen LogP contribution in [0.2, 0.25) is 0 Å². The maximum Gasteiger partial charge on any atom is 0.146 e. The molecule has 5 heteroatoms. The van der Waals surface area contributed by atoms with Crippen molar-refractivity contribution in [3.8, 4) is 0 Å². The molecule has 0 radical (unpaired) electrons. The third kappa shape index (κ3) is 3.45. The number of hydrogen-bond donors (Lipinski definition) is 2. The number of nitrogens with zero attached hydrogens (tertiary/aromatic N) is 2. The molecule has 4 nitrogen and oxygen atoms in total. The van der Waals surface area contributed by atoms with Crippen molar-refractivity contribution in [2.24, 2.45) is 0 Å². The zero-order valence-corrected chi connectivity index (χ0v) is 15.9. The molecule has 2 N–H and O–H groups in total. The summed E-state index contributed by atoms with van der Waals surface area (Å²) in [7, 11) is 0. The smallest absolute Gasteiger partial charge is 0.146 e. The van der Waals surface area contributed by atoms with Gasteiger partial charge in [-0.15, -0.1) is 0 Å². The van der Waals surface area contributed by atoms with Crippen LogP contribution in [0.15, 0.2) is 42.5 Å². The third-order valence-electron chi connectivity index (χ3n) is 5.61. The van der Waals surface area contributed by atoms with Gasteiger partial charge in [-0.1, -0.05) is 30.3 Å². The van der Waals surface area contributed by atoms with E-state index < -0.39 is 6.10 Å². The van der Waals surface area contributed by atoms with Gasteiger partial charge in [-0.3, -0.25) is 4.90 Å². The molecule has 0 aliphatic carbocycles. The number of fused-ring (bicyclic) bond motifs is 1. The predicted molar refractivity (Wildman–Crippen MR) is 108 cm³/mol. The van der Waals surface area contributed by atoms with Crippen LogP contribution < -0.4 is 4.90 Å². The molecule has 1 aromatic heterocycles. The Labute approximate surface area is 159 Å². The van der Waals surface area contributed by atoms with Crippen LogP contribution in [-0.2, 0) is 0 Å². The number of halogens is 1. The van der Waals surface area contributed by atoms with Crippen LogP contribution >= 0.6 is 0 Å². The van der Waals surface area contributed by atoms with Gasteiger partial charge >= 0.3 is 0 Å². The summed E-state index contributed by atoms with van der Waals surface area (Å²) >= 11 is 0. The summed E-state index contributed by atoms with van der Waals surface area (Å²) in [6, 6.07) is 13.1. The number of H-pyrrole nitrogens is 1. The summed E-state index contributed by atoms with van der Waals surface area (Å²) in [5.74, 6) is -0.171. The molecule has 142 valence electrons. The first-order chi connectivity index (χ1) is 13.0. The van der Waals surface area contributed by atoms with Crippen LogP contribution in [0.4, 0.5) is 10.1 Å². The highest BCUT2D eigenvalue weighted by molar-refractivity contribution is 5.87. The van der Waals surface area contributed by atoms with E-state index in [2.05, 4.69) is 33.8 Å². The molecular formula is C22H26FN3O. The Morgan fingerprint density at radius 3 is 2.52 bits per heavy atom. The Morgan fingerprint density at radius 1 is 1.04 bits per heavy atom. The van der Waals surface area contributed by atoms with Crippen LogP contribution in [0, 0.1) is 19.7 Å². The Bertz CT molecular complexity index is 944. The van der Waals surface area contributed by atoms with Crippen molar-refractivity contribution < 1.29 is 9.50 Å². The lowest BCUT2D eigenvalue weighted by Crippen LogP contribution is -2.47. The third-order valence-corrected chi connectivity index (χ3v) is 5.61. The molecular weight excluding hydrogens is 341 g/mol. The Hall–Kier alpha value is -2.37. The van der Waals surface area contributed by atoms with Crippen molar-refractivity contribution in [3.63, 3.8) is 0 Å². The molecule has 0 bridgehead atoms. The van der Waals surface area contributed by atoms with Gasteiger partial charge in [-0.2, -0.15) is 0 Å². The second kappa shape index (κ2) is 7.33. The number of aliphatic hydroxyl groups excluding tert-OH is 1. The monoisotopic (exact) mass is 367 g/mol. The van der Waals surface area contributed by atoms with Crippen molar-refractivity contribution >= 4 is 16.6 Å². The number of anilines is 1. The highest BCUT2D eigenvalue weighted by Crippen LogP contribution is 2.30. The van der Waals surface area contributed by atoms with Crippen molar-refractivity contribution in [1.82, 2.24) is 9.88 Å². The van der Waals surface area contributed by atoms with Crippen molar-refractivity contribution in [3.05, 3.63) is 65.1 Å². The van der Waals surface area contributed by atoms with Gasteiger partial charge < -0.3 is 15.0 Å². The van der Waals surface area contributed by atoms with Gasteiger partial charge in [0.2, 0.25) is 0 Å². The topological polar surface area (TPSA) is 42.5 Å². The Morgan fingerprint density at radius 2 is 1.78 bits per heavy atom. The fourth-order valence-electron chi connectivity index (χ4n) is 4.16. The van der Waals surface area contributed by atoms with E-state index in [1.54, 1.807) is 6.07 Å². The molecule has 27 heavy (non-hydrogen) atoms.